The van der Waals surface area contributed by atoms with E-state index in [0.717, 1.165) is 0 Å². The molecule has 0 fully saturated rings. The van der Waals surface area contributed by atoms with Crippen LogP contribution in [-0.4, -0.2) is 28.1 Å². The van der Waals surface area contributed by atoms with Gasteiger partial charge in [0.25, 0.3) is 0 Å². The fraction of sp³-hybridized carbons (Fsp3) is 0.308. The van der Waals surface area contributed by atoms with Crippen molar-refractivity contribution >= 4 is 23.1 Å². The number of rotatable bonds is 4. The number of hydrogen-bond donors (Lipinski definition) is 1. The summed E-state index contributed by atoms with van der Waals surface area (Å²) in [5, 5.41) is 6.81. The number of esters is 1. The van der Waals surface area contributed by atoms with Crippen molar-refractivity contribution in [2.45, 2.75) is 20.3 Å². The summed E-state index contributed by atoms with van der Waals surface area (Å²) in [4.78, 5) is 23.1. The van der Waals surface area contributed by atoms with Crippen molar-refractivity contribution in [1.29, 1.82) is 0 Å². The van der Waals surface area contributed by atoms with Gasteiger partial charge in [0.05, 0.1) is 18.3 Å². The minimum Gasteiger partial charge on any atom is -0.462 e. The van der Waals surface area contributed by atoms with Crippen LogP contribution in [0.15, 0.2) is 24.5 Å². The molecule has 0 radical (unpaired) electrons. The molecule has 2 rings (SSSR count). The van der Waals surface area contributed by atoms with Crippen LogP contribution in [0.5, 0.6) is 0 Å². The molecule has 0 spiro atoms. The average molecular weight is 261 g/mol. The Morgan fingerprint density at radius 2 is 2.21 bits per heavy atom. The number of anilines is 1. The molecule has 0 aliphatic carbocycles. The lowest BCUT2D eigenvalue weighted by Gasteiger charge is -2.05. The molecule has 0 saturated heterocycles. The summed E-state index contributed by atoms with van der Waals surface area (Å²) in [6.07, 6.45) is 3.54. The van der Waals surface area contributed by atoms with Crippen molar-refractivity contribution in [1.82, 2.24) is 9.61 Å². The molecule has 100 valence electrons. The maximum absolute atomic E-state index is 11.7. The van der Waals surface area contributed by atoms with Crippen molar-refractivity contribution in [3.05, 3.63) is 30.1 Å². The third kappa shape index (κ3) is 2.73. The Morgan fingerprint density at radius 1 is 1.42 bits per heavy atom. The minimum atomic E-state index is -0.420. The number of carbonyl (C=O) groups excluding carboxylic acids is 2. The van der Waals surface area contributed by atoms with E-state index in [-0.39, 0.29) is 5.91 Å². The highest BCUT2D eigenvalue weighted by Crippen LogP contribution is 2.17. The number of amides is 1. The van der Waals surface area contributed by atoms with E-state index in [4.69, 9.17) is 4.74 Å². The molecule has 6 heteroatoms. The first-order valence-electron chi connectivity index (χ1n) is 6.10. The first-order chi connectivity index (χ1) is 9.15. The van der Waals surface area contributed by atoms with Crippen LogP contribution >= 0.6 is 0 Å². The second-order valence-electron chi connectivity index (χ2n) is 3.93. The van der Waals surface area contributed by atoms with Crippen LogP contribution in [0.3, 0.4) is 0 Å². The van der Waals surface area contributed by atoms with Gasteiger partial charge >= 0.3 is 5.97 Å². The first kappa shape index (κ1) is 13.1. The Kier molecular flexibility index (Phi) is 3.79. The minimum absolute atomic E-state index is 0.0819. The zero-order valence-electron chi connectivity index (χ0n) is 10.8. The number of nitrogens with one attached hydrogen (secondary N) is 1. The lowest BCUT2D eigenvalue weighted by molar-refractivity contribution is -0.115. The summed E-state index contributed by atoms with van der Waals surface area (Å²) in [5.41, 5.74) is 1.62. The Balaban J connectivity index is 2.37. The fourth-order valence-corrected chi connectivity index (χ4v) is 1.67. The molecular weight excluding hydrogens is 246 g/mol. The van der Waals surface area contributed by atoms with E-state index in [9.17, 15) is 9.59 Å². The van der Waals surface area contributed by atoms with Crippen LogP contribution in [0.1, 0.15) is 30.6 Å². The number of ether oxygens (including phenoxy) is 1. The van der Waals surface area contributed by atoms with E-state index in [2.05, 4.69) is 10.4 Å². The second-order valence-corrected chi connectivity index (χ2v) is 3.93. The van der Waals surface area contributed by atoms with Crippen LogP contribution in [0.25, 0.3) is 5.52 Å². The van der Waals surface area contributed by atoms with Gasteiger partial charge in [0.1, 0.15) is 5.56 Å². The molecule has 0 saturated carbocycles. The molecule has 2 aromatic heterocycles. The highest BCUT2D eigenvalue weighted by atomic mass is 16.5. The van der Waals surface area contributed by atoms with Gasteiger partial charge in [-0.15, -0.1) is 0 Å². The summed E-state index contributed by atoms with van der Waals surface area (Å²) in [6, 6.07) is 3.43. The van der Waals surface area contributed by atoms with Gasteiger partial charge in [-0.25, -0.2) is 9.31 Å². The summed E-state index contributed by atoms with van der Waals surface area (Å²) >= 11 is 0. The largest absolute Gasteiger partial charge is 0.462 e. The van der Waals surface area contributed by atoms with Gasteiger partial charge in [-0.05, 0) is 19.1 Å². The zero-order chi connectivity index (χ0) is 13.8. The van der Waals surface area contributed by atoms with Gasteiger partial charge in [-0.3, -0.25) is 4.79 Å². The maximum Gasteiger partial charge on any atom is 0.341 e. The number of fused-ring (bicyclic) bond motifs is 1. The quantitative estimate of drug-likeness (QED) is 0.852. The molecule has 0 aromatic carbocycles. The molecule has 1 amide bonds. The van der Waals surface area contributed by atoms with E-state index >= 15 is 0 Å². The second kappa shape index (κ2) is 5.51. The summed E-state index contributed by atoms with van der Waals surface area (Å²) in [7, 11) is 0. The molecule has 2 aromatic rings. The van der Waals surface area contributed by atoms with E-state index < -0.39 is 5.97 Å². The van der Waals surface area contributed by atoms with Crippen molar-refractivity contribution in [2.24, 2.45) is 0 Å². The van der Waals surface area contributed by atoms with Crippen LogP contribution in [0, 0.1) is 0 Å². The van der Waals surface area contributed by atoms with Crippen LogP contribution in [-0.2, 0) is 9.53 Å². The number of hydrogen-bond acceptors (Lipinski definition) is 4. The van der Waals surface area contributed by atoms with E-state index in [1.165, 1.54) is 6.20 Å². The maximum atomic E-state index is 11.7. The third-order valence-electron chi connectivity index (χ3n) is 2.62. The number of aromatic nitrogens is 2. The molecule has 0 bridgehead atoms. The lowest BCUT2D eigenvalue weighted by atomic mass is 10.2. The molecule has 1 N–H and O–H groups in total. The number of pyridine rings is 1. The topological polar surface area (TPSA) is 72.7 Å². The molecule has 19 heavy (non-hydrogen) atoms. The van der Waals surface area contributed by atoms with Crippen LogP contribution < -0.4 is 5.32 Å². The number of carbonyl (C=O) groups is 2. The predicted octanol–water partition coefficient (Wildman–Crippen LogP) is 1.86. The van der Waals surface area contributed by atoms with Crippen LogP contribution in [0.2, 0.25) is 0 Å². The number of nitrogens with zero attached hydrogens (tertiary/aromatic N) is 2. The van der Waals surface area contributed by atoms with Gasteiger partial charge in [0.2, 0.25) is 5.91 Å². The van der Waals surface area contributed by atoms with E-state index in [1.54, 1.807) is 36.7 Å². The van der Waals surface area contributed by atoms with Crippen molar-refractivity contribution < 1.29 is 14.3 Å². The van der Waals surface area contributed by atoms with E-state index in [1.807, 2.05) is 0 Å². The Labute approximate surface area is 110 Å². The monoisotopic (exact) mass is 261 g/mol. The molecule has 0 aliphatic rings. The van der Waals surface area contributed by atoms with Gasteiger partial charge in [0, 0.05) is 18.3 Å². The van der Waals surface area contributed by atoms with Crippen molar-refractivity contribution in [2.75, 3.05) is 11.9 Å². The van der Waals surface area contributed by atoms with Gasteiger partial charge < -0.3 is 10.1 Å². The first-order valence-corrected chi connectivity index (χ1v) is 6.10. The van der Waals surface area contributed by atoms with Gasteiger partial charge in [0.15, 0.2) is 0 Å². The molecule has 0 atom stereocenters. The highest BCUT2D eigenvalue weighted by Gasteiger charge is 2.14. The van der Waals surface area contributed by atoms with Gasteiger partial charge in [-0.2, -0.15) is 5.10 Å². The standard InChI is InChI=1S/C13H15N3O3/c1-3-12(17)15-9-5-6-16-11(7-9)10(8-14-16)13(18)19-4-2/h5-8H,3-4H2,1-2H3,(H,15,17). The average Bonchev–Trinajstić information content (AvgIpc) is 2.82. The normalized spacial score (nSPS) is 10.4. The molecular formula is C13H15N3O3. The highest BCUT2D eigenvalue weighted by molar-refractivity contribution is 5.98. The third-order valence-corrected chi connectivity index (χ3v) is 2.62. The SMILES string of the molecule is CCOC(=O)c1cnn2ccc(NC(=O)CC)cc12. The predicted molar refractivity (Wildman–Crippen MR) is 70.1 cm³/mol. The Hall–Kier alpha value is -2.37. The Bertz CT molecular complexity index is 619. The summed E-state index contributed by atoms with van der Waals surface area (Å²) in [5.74, 6) is -0.502. The van der Waals surface area contributed by atoms with Crippen LogP contribution in [0.4, 0.5) is 5.69 Å². The Morgan fingerprint density at radius 3 is 2.89 bits per heavy atom. The smallest absolute Gasteiger partial charge is 0.341 e. The molecule has 6 nitrogen and oxygen atoms in total. The van der Waals surface area contributed by atoms with Gasteiger partial charge in [-0.1, -0.05) is 6.92 Å². The molecule has 0 aliphatic heterocycles. The molecule has 0 unspecified atom stereocenters. The lowest BCUT2D eigenvalue weighted by Crippen LogP contribution is -2.10. The van der Waals surface area contributed by atoms with Crippen molar-refractivity contribution in [3.63, 3.8) is 0 Å². The van der Waals surface area contributed by atoms with E-state index in [0.29, 0.717) is 29.8 Å². The molecule has 2 heterocycles. The summed E-state index contributed by atoms with van der Waals surface area (Å²) < 4.78 is 6.52. The van der Waals surface area contributed by atoms with Crippen molar-refractivity contribution in [3.8, 4) is 0 Å². The summed E-state index contributed by atoms with van der Waals surface area (Å²) in [6.45, 7) is 3.83. The zero-order valence-corrected chi connectivity index (χ0v) is 10.8. The fourth-order valence-electron chi connectivity index (χ4n) is 1.67.